The average Bonchev–Trinajstić information content (AvgIpc) is 3.82. The molecule has 12 nitrogen and oxygen atoms in total. The minimum Gasteiger partial charge on any atom is -0.351 e. The largest absolute Gasteiger partial charge is 0.694 e. The van der Waals surface area contributed by atoms with E-state index >= 15 is 0 Å². The lowest BCUT2D eigenvalue weighted by Gasteiger charge is -2.37. The Morgan fingerprint density at radius 1 is 0.843 bits per heavy atom. The van der Waals surface area contributed by atoms with Crippen LogP contribution in [0.1, 0.15) is 57.5 Å². The van der Waals surface area contributed by atoms with E-state index in [9.17, 15) is 9.46 Å². The lowest BCUT2D eigenvalue weighted by atomic mass is 9.77. The predicted octanol–water partition coefficient (Wildman–Crippen LogP) is 6.66. The van der Waals surface area contributed by atoms with Crippen molar-refractivity contribution in [2.24, 2.45) is 0 Å². The van der Waals surface area contributed by atoms with Crippen LogP contribution in [0, 0.1) is 0 Å². The molecule has 5 aromatic rings. The van der Waals surface area contributed by atoms with Gasteiger partial charge >= 0.3 is 8.25 Å². The highest BCUT2D eigenvalue weighted by Crippen LogP contribution is 2.45. The predicted molar refractivity (Wildman–Crippen MR) is 195 cm³/mol. The third-order valence-electron chi connectivity index (χ3n) is 9.38. The Labute approximate surface area is 299 Å². The molecule has 0 radical (unpaired) electrons. The molecule has 2 aliphatic rings. The van der Waals surface area contributed by atoms with Crippen molar-refractivity contribution in [2.75, 3.05) is 31.6 Å². The van der Waals surface area contributed by atoms with Gasteiger partial charge in [0.15, 0.2) is 29.0 Å². The van der Waals surface area contributed by atoms with Crippen LogP contribution < -0.4 is 5.32 Å². The Morgan fingerprint density at radius 2 is 1.37 bits per heavy atom. The van der Waals surface area contributed by atoms with Crippen molar-refractivity contribution in [2.45, 2.75) is 70.5 Å². The molecule has 0 spiro atoms. The molecule has 2 N–H and O–H groups in total. The molecule has 2 aliphatic heterocycles. The maximum absolute atomic E-state index is 11.3. The summed E-state index contributed by atoms with van der Waals surface area (Å²) in [5.41, 5.74) is 3.31. The van der Waals surface area contributed by atoms with Gasteiger partial charge in [0, 0.05) is 4.57 Å². The number of hydrogen-bond donors (Lipinski definition) is 2. The summed E-state index contributed by atoms with van der Waals surface area (Å²) in [6, 6.07) is 30.7. The first kappa shape index (κ1) is 36.7. The molecule has 5 atom stereocenters. The van der Waals surface area contributed by atoms with Gasteiger partial charge in [-0.25, -0.2) is 15.0 Å². The molecule has 0 bridgehead atoms. The van der Waals surface area contributed by atoms with Crippen molar-refractivity contribution in [1.29, 1.82) is 0 Å². The second-order valence-corrected chi connectivity index (χ2v) is 13.5. The van der Waals surface area contributed by atoms with Crippen LogP contribution in [0.5, 0.6) is 0 Å². The highest BCUT2D eigenvalue weighted by atomic mass is 31.1. The van der Waals surface area contributed by atoms with Gasteiger partial charge in [-0.15, -0.1) is 9.42 Å². The Balaban J connectivity index is 0.000000582. The SMILES string of the molecule is CC1(C)O[C@@H]2[C@H](O1)[C@@H](CO[P+](=O)O)O[C@H]2n1cnc2c(NC(c3ccccc3)(c3ccccc3)c3ccccc3)ncnc21.CCN(CC)CC. The van der Waals surface area contributed by atoms with Gasteiger partial charge in [-0.3, -0.25) is 4.57 Å². The summed E-state index contributed by atoms with van der Waals surface area (Å²) in [6.07, 6.45) is 0.762. The Hall–Kier alpha value is -4.13. The van der Waals surface area contributed by atoms with E-state index in [-0.39, 0.29) is 6.61 Å². The lowest BCUT2D eigenvalue weighted by Crippen LogP contribution is -2.38. The zero-order valence-corrected chi connectivity index (χ0v) is 30.5. The van der Waals surface area contributed by atoms with Gasteiger partial charge in [0.05, 0.1) is 6.33 Å². The van der Waals surface area contributed by atoms with Gasteiger partial charge in [0.2, 0.25) is 0 Å². The van der Waals surface area contributed by atoms with Gasteiger partial charge in [-0.2, -0.15) is 0 Å². The highest BCUT2D eigenvalue weighted by Gasteiger charge is 2.57. The van der Waals surface area contributed by atoms with Crippen LogP contribution in [0.25, 0.3) is 11.2 Å². The van der Waals surface area contributed by atoms with Crippen LogP contribution in [0.3, 0.4) is 0 Å². The molecule has 2 fully saturated rings. The van der Waals surface area contributed by atoms with Gasteiger partial charge in [-0.05, 0) is 50.2 Å². The third-order valence-corrected chi connectivity index (χ3v) is 9.75. The van der Waals surface area contributed by atoms with E-state index in [1.54, 1.807) is 10.9 Å². The van der Waals surface area contributed by atoms with E-state index in [0.717, 1.165) is 16.7 Å². The van der Waals surface area contributed by atoms with Crippen molar-refractivity contribution < 1.29 is 28.2 Å². The number of benzene rings is 3. The average molecular weight is 714 g/mol. The second-order valence-electron chi connectivity index (χ2n) is 12.8. The summed E-state index contributed by atoms with van der Waals surface area (Å²) in [4.78, 5) is 25.7. The van der Waals surface area contributed by atoms with Crippen LogP contribution in [0.15, 0.2) is 104 Å². The minimum atomic E-state index is -2.80. The van der Waals surface area contributed by atoms with Crippen molar-refractivity contribution >= 4 is 25.2 Å². The number of nitrogens with one attached hydrogen (secondary N) is 1. The third kappa shape index (κ3) is 7.73. The fourth-order valence-electron chi connectivity index (χ4n) is 6.91. The van der Waals surface area contributed by atoms with Gasteiger partial charge in [0.1, 0.15) is 36.8 Å². The molecule has 51 heavy (non-hydrogen) atoms. The molecule has 2 saturated heterocycles. The van der Waals surface area contributed by atoms with Crippen LogP contribution in [-0.4, -0.2) is 79.7 Å². The highest BCUT2D eigenvalue weighted by molar-refractivity contribution is 7.32. The summed E-state index contributed by atoms with van der Waals surface area (Å²) >= 11 is 0. The zero-order chi connectivity index (χ0) is 36.0. The van der Waals surface area contributed by atoms with Gasteiger partial charge in [-0.1, -0.05) is 112 Å². The summed E-state index contributed by atoms with van der Waals surface area (Å²) in [6.45, 7) is 13.6. The number of hydrogen-bond acceptors (Lipinski definition) is 10. The summed E-state index contributed by atoms with van der Waals surface area (Å²) in [7, 11) is -2.80. The molecule has 13 heteroatoms. The van der Waals surface area contributed by atoms with E-state index < -0.39 is 44.1 Å². The Kier molecular flexibility index (Phi) is 11.5. The van der Waals surface area contributed by atoms with Crippen LogP contribution in [0.2, 0.25) is 0 Å². The molecular formula is C38H46N6O6P+. The van der Waals surface area contributed by atoms with Crippen molar-refractivity contribution in [3.05, 3.63) is 120 Å². The summed E-state index contributed by atoms with van der Waals surface area (Å²) in [5.74, 6) is -0.351. The smallest absolute Gasteiger partial charge is 0.351 e. The van der Waals surface area contributed by atoms with Crippen LogP contribution >= 0.6 is 8.25 Å². The number of nitrogens with zero attached hydrogens (tertiary/aromatic N) is 5. The fourth-order valence-corrected chi connectivity index (χ4v) is 7.19. The number of fused-ring (bicyclic) bond motifs is 2. The second kappa shape index (κ2) is 16.0. The molecule has 268 valence electrons. The van der Waals surface area contributed by atoms with Crippen LogP contribution in [-0.2, 0) is 28.8 Å². The molecule has 0 aliphatic carbocycles. The van der Waals surface area contributed by atoms with E-state index in [4.69, 9.17) is 23.7 Å². The zero-order valence-electron chi connectivity index (χ0n) is 29.6. The molecule has 2 aromatic heterocycles. The van der Waals surface area contributed by atoms with Crippen LogP contribution in [0.4, 0.5) is 5.82 Å². The van der Waals surface area contributed by atoms with Crippen molar-refractivity contribution in [3.63, 3.8) is 0 Å². The van der Waals surface area contributed by atoms with E-state index in [2.05, 4.69) is 77.4 Å². The van der Waals surface area contributed by atoms with E-state index in [1.165, 1.54) is 26.0 Å². The van der Waals surface area contributed by atoms with E-state index in [0.29, 0.717) is 17.0 Å². The lowest BCUT2D eigenvalue weighted by molar-refractivity contribution is -0.198. The first-order valence-electron chi connectivity index (χ1n) is 17.4. The molecule has 3 aromatic carbocycles. The maximum atomic E-state index is 11.3. The first-order valence-corrected chi connectivity index (χ1v) is 18.5. The van der Waals surface area contributed by atoms with E-state index in [1.807, 2.05) is 68.4 Å². The Bertz CT molecular complexity index is 1770. The molecule has 7 rings (SSSR count). The molecule has 0 amide bonds. The molecular weight excluding hydrogens is 667 g/mol. The quantitative estimate of drug-likeness (QED) is 0.106. The minimum absolute atomic E-state index is 0.134. The molecule has 1 unspecified atom stereocenters. The van der Waals surface area contributed by atoms with Gasteiger partial charge < -0.3 is 24.4 Å². The monoisotopic (exact) mass is 713 g/mol. The number of rotatable bonds is 12. The summed E-state index contributed by atoms with van der Waals surface area (Å²) < 4.78 is 36.7. The standard InChI is InChI=1S/C32H30N5O6P.C6H15N/c1-31(2)42-26-24(18-40-44(38)39)41-30(27(26)43-31)37-20-35-25-28(33-19-34-29(25)37)36-32(21-12-6-3-7-13-21,22-14-8-4-9-15-22)23-16-10-5-11-17-23;1-4-7(5-2)6-3/h3-17,19-20,24,26-27,30H,18H2,1-2H3,(H-,33,34,36,38,39);4-6H2,1-3H3/p+1/t24-,26-,27-,30-;/m1./s1. The summed E-state index contributed by atoms with van der Waals surface area (Å²) in [5, 5.41) is 3.79. The topological polar surface area (TPSA) is 133 Å². The molecule has 0 saturated carbocycles. The normalized spacial score (nSPS) is 21.3. The van der Waals surface area contributed by atoms with Gasteiger partial charge in [0.25, 0.3) is 0 Å². The maximum Gasteiger partial charge on any atom is 0.694 e. The Morgan fingerprint density at radius 3 is 1.86 bits per heavy atom. The first-order chi connectivity index (χ1) is 24.7. The number of imidazole rings is 1. The van der Waals surface area contributed by atoms with Crippen molar-refractivity contribution in [3.8, 4) is 0 Å². The number of anilines is 1. The number of aromatic nitrogens is 4. The molecule has 4 heterocycles. The fraction of sp³-hybridized carbons (Fsp3) is 0.395. The number of ether oxygens (including phenoxy) is 3. The van der Waals surface area contributed by atoms with Crippen molar-refractivity contribution in [1.82, 2.24) is 24.4 Å².